The number of hydrogen-bond acceptors (Lipinski definition) is 3. The molecule has 0 aliphatic heterocycles. The van der Waals surface area contributed by atoms with E-state index in [-0.39, 0.29) is 11.4 Å². The molecule has 0 radical (unpaired) electrons. The fraction of sp³-hybridized carbons (Fsp3) is 0.133. The number of amides is 1. The number of primary amides is 1. The Morgan fingerprint density at radius 1 is 1.05 bits per heavy atom. The summed E-state index contributed by atoms with van der Waals surface area (Å²) in [5.74, 6) is -1.30. The van der Waals surface area contributed by atoms with Gasteiger partial charge in [-0.1, -0.05) is 30.3 Å². The largest absolute Gasteiger partial charge is 0.369 e. The van der Waals surface area contributed by atoms with E-state index in [0.29, 0.717) is 0 Å². The first-order valence-corrected chi connectivity index (χ1v) is 7.91. The fourth-order valence-electron chi connectivity index (χ4n) is 1.94. The highest BCUT2D eigenvalue weighted by atomic mass is 32.2. The number of nitrogens with zero attached hydrogens (tertiary/aromatic N) is 1. The van der Waals surface area contributed by atoms with Crippen molar-refractivity contribution >= 4 is 15.9 Å². The molecule has 5 nitrogen and oxygen atoms in total. The average Bonchev–Trinajstić information content (AvgIpc) is 2.47. The van der Waals surface area contributed by atoms with Crippen LogP contribution in [0.25, 0.3) is 0 Å². The van der Waals surface area contributed by atoms with Crippen molar-refractivity contribution < 1.29 is 17.6 Å². The minimum Gasteiger partial charge on any atom is -0.369 e. The zero-order valence-electron chi connectivity index (χ0n) is 11.6. The molecule has 0 saturated carbocycles. The Labute approximate surface area is 128 Å². The molecular weight excluding hydrogens is 307 g/mol. The number of carbonyl (C=O) groups excluding carboxylic acids is 1. The first-order chi connectivity index (χ1) is 10.4. The van der Waals surface area contributed by atoms with E-state index < -0.39 is 28.3 Å². The lowest BCUT2D eigenvalue weighted by molar-refractivity contribution is -0.118. The summed E-state index contributed by atoms with van der Waals surface area (Å²) in [5.41, 5.74) is 5.86. The average molecular weight is 322 g/mol. The maximum absolute atomic E-state index is 13.0. The molecule has 116 valence electrons. The van der Waals surface area contributed by atoms with Crippen molar-refractivity contribution in [3.05, 3.63) is 66.0 Å². The Morgan fingerprint density at radius 2 is 1.64 bits per heavy atom. The molecule has 22 heavy (non-hydrogen) atoms. The number of benzene rings is 2. The van der Waals surface area contributed by atoms with E-state index in [1.165, 1.54) is 0 Å². The smallest absolute Gasteiger partial charge is 0.243 e. The molecule has 2 N–H and O–H groups in total. The summed E-state index contributed by atoms with van der Waals surface area (Å²) in [4.78, 5) is 11.1. The Bertz CT molecular complexity index is 746. The molecule has 1 amide bonds. The van der Waals surface area contributed by atoms with Gasteiger partial charge in [-0.15, -0.1) is 0 Å². The van der Waals surface area contributed by atoms with E-state index in [2.05, 4.69) is 0 Å². The van der Waals surface area contributed by atoms with Crippen LogP contribution in [0, 0.1) is 5.82 Å². The summed E-state index contributed by atoms with van der Waals surface area (Å²) in [5, 5.41) is 0. The topological polar surface area (TPSA) is 80.5 Å². The maximum atomic E-state index is 13.0. The van der Waals surface area contributed by atoms with Crippen molar-refractivity contribution in [1.82, 2.24) is 4.31 Å². The molecule has 2 rings (SSSR count). The molecule has 0 spiro atoms. The quantitative estimate of drug-likeness (QED) is 0.875. The minimum atomic E-state index is -3.95. The molecule has 0 fully saturated rings. The maximum Gasteiger partial charge on any atom is 0.243 e. The SMILES string of the molecule is NC(=O)CN(Cc1ccccc1)S(=O)(=O)c1ccc(F)cc1. The van der Waals surface area contributed by atoms with Gasteiger partial charge in [0, 0.05) is 6.54 Å². The number of rotatable bonds is 6. The number of halogens is 1. The van der Waals surface area contributed by atoms with E-state index in [0.717, 1.165) is 34.1 Å². The van der Waals surface area contributed by atoms with Gasteiger partial charge in [-0.2, -0.15) is 4.31 Å². The van der Waals surface area contributed by atoms with E-state index in [1.807, 2.05) is 0 Å². The van der Waals surface area contributed by atoms with Gasteiger partial charge in [-0.3, -0.25) is 4.79 Å². The Morgan fingerprint density at radius 3 is 2.18 bits per heavy atom. The highest BCUT2D eigenvalue weighted by Gasteiger charge is 2.26. The monoisotopic (exact) mass is 322 g/mol. The van der Waals surface area contributed by atoms with Gasteiger partial charge in [0.2, 0.25) is 15.9 Å². The van der Waals surface area contributed by atoms with Gasteiger partial charge < -0.3 is 5.73 Å². The number of nitrogens with two attached hydrogens (primary N) is 1. The Balaban J connectivity index is 2.35. The highest BCUT2D eigenvalue weighted by molar-refractivity contribution is 7.89. The van der Waals surface area contributed by atoms with Crippen molar-refractivity contribution in [3.63, 3.8) is 0 Å². The second-order valence-corrected chi connectivity index (χ2v) is 6.62. The predicted octanol–water partition coefficient (Wildman–Crippen LogP) is 1.50. The van der Waals surface area contributed by atoms with Gasteiger partial charge >= 0.3 is 0 Å². The van der Waals surface area contributed by atoms with Crippen molar-refractivity contribution in [2.24, 2.45) is 5.73 Å². The molecule has 0 unspecified atom stereocenters. The lowest BCUT2D eigenvalue weighted by atomic mass is 10.2. The molecule has 0 atom stereocenters. The van der Waals surface area contributed by atoms with Gasteiger partial charge in [0.05, 0.1) is 11.4 Å². The first-order valence-electron chi connectivity index (χ1n) is 6.47. The lowest BCUT2D eigenvalue weighted by Crippen LogP contribution is -2.38. The first kappa shape index (κ1) is 16.1. The van der Waals surface area contributed by atoms with Gasteiger partial charge in [-0.25, -0.2) is 12.8 Å². The number of sulfonamides is 1. The van der Waals surface area contributed by atoms with Crippen LogP contribution in [0.1, 0.15) is 5.56 Å². The van der Waals surface area contributed by atoms with Gasteiger partial charge in [0.15, 0.2) is 0 Å². The molecular formula is C15H15FN2O3S. The Kier molecular flexibility index (Phi) is 4.89. The van der Waals surface area contributed by atoms with Crippen LogP contribution in [0.4, 0.5) is 4.39 Å². The van der Waals surface area contributed by atoms with Crippen molar-refractivity contribution in [3.8, 4) is 0 Å². The zero-order valence-corrected chi connectivity index (χ0v) is 12.5. The molecule has 0 heterocycles. The second kappa shape index (κ2) is 6.67. The summed E-state index contributed by atoms with van der Waals surface area (Å²) in [6.07, 6.45) is 0. The standard InChI is InChI=1S/C15H15FN2O3S/c16-13-6-8-14(9-7-13)22(20,21)18(11-15(17)19)10-12-4-2-1-3-5-12/h1-9H,10-11H2,(H2,17,19). The number of hydrogen-bond donors (Lipinski definition) is 1. The van der Waals surface area contributed by atoms with Crippen LogP contribution in [0.5, 0.6) is 0 Å². The highest BCUT2D eigenvalue weighted by Crippen LogP contribution is 2.18. The third-order valence-corrected chi connectivity index (χ3v) is 4.79. The molecule has 0 aromatic heterocycles. The van der Waals surface area contributed by atoms with E-state index in [4.69, 9.17) is 5.73 Å². The summed E-state index contributed by atoms with van der Waals surface area (Å²) >= 11 is 0. The van der Waals surface area contributed by atoms with Crippen molar-refractivity contribution in [1.29, 1.82) is 0 Å². The van der Waals surface area contributed by atoms with E-state index in [1.54, 1.807) is 30.3 Å². The van der Waals surface area contributed by atoms with Crippen molar-refractivity contribution in [2.45, 2.75) is 11.4 Å². The summed E-state index contributed by atoms with van der Waals surface area (Å²) in [6, 6.07) is 13.2. The normalized spacial score (nSPS) is 11.5. The summed E-state index contributed by atoms with van der Waals surface area (Å²) in [7, 11) is -3.95. The molecule has 0 bridgehead atoms. The fourth-order valence-corrected chi connectivity index (χ4v) is 3.34. The van der Waals surface area contributed by atoms with Crippen LogP contribution >= 0.6 is 0 Å². The molecule has 7 heteroatoms. The molecule has 2 aromatic carbocycles. The molecule has 0 aliphatic carbocycles. The van der Waals surface area contributed by atoms with Gasteiger partial charge in [0.1, 0.15) is 5.82 Å². The van der Waals surface area contributed by atoms with Crippen molar-refractivity contribution in [2.75, 3.05) is 6.54 Å². The van der Waals surface area contributed by atoms with Crippen LogP contribution in [0.3, 0.4) is 0 Å². The van der Waals surface area contributed by atoms with Crippen LogP contribution in [-0.2, 0) is 21.4 Å². The number of carbonyl (C=O) groups is 1. The molecule has 0 saturated heterocycles. The predicted molar refractivity (Wildman–Crippen MR) is 79.6 cm³/mol. The third kappa shape index (κ3) is 3.90. The zero-order chi connectivity index (χ0) is 16.2. The lowest BCUT2D eigenvalue weighted by Gasteiger charge is -2.21. The van der Waals surface area contributed by atoms with E-state index >= 15 is 0 Å². The van der Waals surface area contributed by atoms with Crippen LogP contribution < -0.4 is 5.73 Å². The molecule has 0 aliphatic rings. The van der Waals surface area contributed by atoms with Gasteiger partial charge in [0.25, 0.3) is 0 Å². The van der Waals surface area contributed by atoms with Crippen LogP contribution in [-0.4, -0.2) is 25.2 Å². The van der Waals surface area contributed by atoms with E-state index in [9.17, 15) is 17.6 Å². The van der Waals surface area contributed by atoms with Crippen LogP contribution in [0.15, 0.2) is 59.5 Å². The minimum absolute atomic E-state index is 0.00346. The second-order valence-electron chi connectivity index (χ2n) is 4.68. The van der Waals surface area contributed by atoms with Gasteiger partial charge in [-0.05, 0) is 29.8 Å². The van der Waals surface area contributed by atoms with Crippen LogP contribution in [0.2, 0.25) is 0 Å². The molecule has 2 aromatic rings. The summed E-state index contributed by atoms with van der Waals surface area (Å²) < 4.78 is 39.1. The summed E-state index contributed by atoms with van der Waals surface area (Å²) in [6.45, 7) is -0.446. The Hall–Kier alpha value is -2.25. The third-order valence-electron chi connectivity index (χ3n) is 2.99.